The van der Waals surface area contributed by atoms with Crippen molar-refractivity contribution < 1.29 is 4.42 Å². The van der Waals surface area contributed by atoms with Gasteiger partial charge in [-0.2, -0.15) is 5.26 Å². The smallest absolute Gasteiger partial charge is 0.234 e. The quantitative estimate of drug-likeness (QED) is 0.691. The van der Waals surface area contributed by atoms with E-state index in [9.17, 15) is 5.26 Å². The van der Waals surface area contributed by atoms with Crippen molar-refractivity contribution in [1.82, 2.24) is 4.98 Å². The molecule has 5 heteroatoms. The van der Waals surface area contributed by atoms with Gasteiger partial charge in [0.15, 0.2) is 0 Å². The predicted molar refractivity (Wildman–Crippen MR) is 109 cm³/mol. The number of piperazine rings is 1. The molecule has 3 aromatic rings. The van der Waals surface area contributed by atoms with Crippen molar-refractivity contribution in [3.63, 3.8) is 0 Å². The summed E-state index contributed by atoms with van der Waals surface area (Å²) in [5.74, 6) is 2.10. The van der Waals surface area contributed by atoms with E-state index in [1.165, 1.54) is 11.3 Å². The van der Waals surface area contributed by atoms with Crippen LogP contribution in [0, 0.1) is 11.3 Å². The Morgan fingerprint density at radius 1 is 0.857 bits per heavy atom. The van der Waals surface area contributed by atoms with Crippen LogP contribution in [0.2, 0.25) is 0 Å². The molecule has 2 heterocycles. The first-order valence-corrected chi connectivity index (χ1v) is 9.84. The molecular formula is C23H22N4O. The zero-order valence-electron chi connectivity index (χ0n) is 15.7. The summed E-state index contributed by atoms with van der Waals surface area (Å²) in [6, 6.07) is 23.2. The van der Waals surface area contributed by atoms with Gasteiger partial charge in [-0.1, -0.05) is 48.5 Å². The highest BCUT2D eigenvalue weighted by molar-refractivity contribution is 5.52. The number of rotatable bonds is 4. The van der Waals surface area contributed by atoms with Crippen molar-refractivity contribution >= 4 is 11.6 Å². The lowest BCUT2D eigenvalue weighted by Gasteiger charge is -2.35. The Morgan fingerprint density at radius 2 is 1.50 bits per heavy atom. The van der Waals surface area contributed by atoms with Crippen LogP contribution in [0.1, 0.15) is 35.4 Å². The SMILES string of the molecule is N#Cc1nc([C@@H]2C[C@H]2c2ccccc2)oc1N1CCN(c2ccccc2)CC1. The van der Waals surface area contributed by atoms with Crippen LogP contribution in [0.15, 0.2) is 65.1 Å². The van der Waals surface area contributed by atoms with Crippen LogP contribution in [-0.2, 0) is 0 Å². The van der Waals surface area contributed by atoms with Crippen molar-refractivity contribution in [2.45, 2.75) is 18.3 Å². The minimum absolute atomic E-state index is 0.286. The highest BCUT2D eigenvalue weighted by atomic mass is 16.4. The molecule has 0 radical (unpaired) electrons. The Morgan fingerprint density at radius 3 is 2.18 bits per heavy atom. The molecule has 5 nitrogen and oxygen atoms in total. The molecular weight excluding hydrogens is 348 g/mol. The first-order chi connectivity index (χ1) is 13.8. The van der Waals surface area contributed by atoms with Gasteiger partial charge in [-0.25, -0.2) is 4.98 Å². The molecule has 1 aliphatic carbocycles. The highest BCUT2D eigenvalue weighted by Gasteiger charge is 2.44. The van der Waals surface area contributed by atoms with Crippen molar-refractivity contribution in [1.29, 1.82) is 5.26 Å². The molecule has 0 unspecified atom stereocenters. The van der Waals surface area contributed by atoms with E-state index >= 15 is 0 Å². The molecule has 2 aromatic carbocycles. The second kappa shape index (κ2) is 7.05. The molecule has 5 rings (SSSR count). The lowest BCUT2D eigenvalue weighted by Crippen LogP contribution is -2.46. The van der Waals surface area contributed by atoms with Crippen molar-refractivity contribution in [3.05, 3.63) is 77.8 Å². The largest absolute Gasteiger partial charge is 0.423 e. The molecule has 2 aliphatic rings. The zero-order valence-corrected chi connectivity index (χ0v) is 15.7. The van der Waals surface area contributed by atoms with Gasteiger partial charge >= 0.3 is 0 Å². The Bertz CT molecular complexity index is 984. The summed E-state index contributed by atoms with van der Waals surface area (Å²) in [5.41, 5.74) is 2.98. The zero-order chi connectivity index (χ0) is 18.9. The number of hydrogen-bond donors (Lipinski definition) is 0. The molecule has 0 N–H and O–H groups in total. The summed E-state index contributed by atoms with van der Waals surface area (Å²) < 4.78 is 6.14. The first-order valence-electron chi connectivity index (χ1n) is 9.84. The summed E-state index contributed by atoms with van der Waals surface area (Å²) in [5, 5.41) is 9.57. The Kier molecular flexibility index (Phi) is 4.25. The van der Waals surface area contributed by atoms with E-state index in [0.29, 0.717) is 23.4 Å². The van der Waals surface area contributed by atoms with Gasteiger partial charge in [0.25, 0.3) is 0 Å². The highest BCUT2D eigenvalue weighted by Crippen LogP contribution is 2.54. The molecule has 2 atom stereocenters. The van der Waals surface area contributed by atoms with Crippen molar-refractivity contribution in [2.75, 3.05) is 36.0 Å². The molecule has 0 spiro atoms. The Labute approximate surface area is 164 Å². The first kappa shape index (κ1) is 16.9. The van der Waals surface area contributed by atoms with Crippen LogP contribution in [0.5, 0.6) is 0 Å². The molecule has 1 aromatic heterocycles. The molecule has 0 amide bonds. The number of hydrogen-bond acceptors (Lipinski definition) is 5. The average molecular weight is 370 g/mol. The molecule has 1 aliphatic heterocycles. The standard InChI is InChI=1S/C23H22N4O/c24-16-21-23(27-13-11-26(12-14-27)18-9-5-2-6-10-18)28-22(25-21)20-15-19(20)17-7-3-1-4-8-17/h1-10,19-20H,11-15H2/t19-,20+/m0/s1. The van der Waals surface area contributed by atoms with Gasteiger partial charge in [0.05, 0.1) is 0 Å². The van der Waals surface area contributed by atoms with Crippen LogP contribution in [-0.4, -0.2) is 31.2 Å². The third-order valence-corrected chi connectivity index (χ3v) is 5.76. The molecule has 1 saturated heterocycles. The van der Waals surface area contributed by atoms with Gasteiger partial charge in [-0.3, -0.25) is 0 Å². The van der Waals surface area contributed by atoms with Gasteiger partial charge in [0.1, 0.15) is 6.07 Å². The topological polar surface area (TPSA) is 56.3 Å². The molecule has 28 heavy (non-hydrogen) atoms. The molecule has 2 fully saturated rings. The number of oxazole rings is 1. The Balaban J connectivity index is 1.30. The van der Waals surface area contributed by atoms with E-state index < -0.39 is 0 Å². The fraction of sp³-hybridized carbons (Fsp3) is 0.304. The number of para-hydroxylation sites is 1. The van der Waals surface area contributed by atoms with E-state index in [0.717, 1.165) is 32.6 Å². The lowest BCUT2D eigenvalue weighted by molar-refractivity contribution is 0.476. The van der Waals surface area contributed by atoms with E-state index in [4.69, 9.17) is 4.42 Å². The van der Waals surface area contributed by atoms with Gasteiger partial charge in [-0.15, -0.1) is 0 Å². The van der Waals surface area contributed by atoms with Gasteiger partial charge < -0.3 is 14.2 Å². The summed E-state index contributed by atoms with van der Waals surface area (Å²) in [6.45, 7) is 3.46. The number of benzene rings is 2. The molecule has 1 saturated carbocycles. The van der Waals surface area contributed by atoms with E-state index in [1.54, 1.807) is 0 Å². The third-order valence-electron chi connectivity index (χ3n) is 5.76. The Hall–Kier alpha value is -3.26. The maximum absolute atomic E-state index is 9.57. The summed E-state index contributed by atoms with van der Waals surface area (Å²) >= 11 is 0. The summed E-state index contributed by atoms with van der Waals surface area (Å²) in [4.78, 5) is 9.06. The van der Waals surface area contributed by atoms with Crippen molar-refractivity contribution in [3.8, 4) is 6.07 Å². The maximum Gasteiger partial charge on any atom is 0.234 e. The van der Waals surface area contributed by atoms with Gasteiger partial charge in [-0.05, 0) is 30.0 Å². The predicted octanol–water partition coefficient (Wildman–Crippen LogP) is 4.14. The third kappa shape index (κ3) is 3.11. The van der Waals surface area contributed by atoms with Crippen LogP contribution in [0.3, 0.4) is 0 Å². The monoisotopic (exact) mass is 370 g/mol. The number of nitriles is 1. The van der Waals surface area contributed by atoms with Crippen LogP contribution >= 0.6 is 0 Å². The number of aromatic nitrogens is 1. The maximum atomic E-state index is 9.57. The fourth-order valence-corrected chi connectivity index (χ4v) is 4.12. The fourth-order valence-electron chi connectivity index (χ4n) is 4.12. The second-order valence-corrected chi connectivity index (χ2v) is 7.49. The normalized spacial score (nSPS) is 21.4. The average Bonchev–Trinajstić information content (AvgIpc) is 3.46. The summed E-state index contributed by atoms with van der Waals surface area (Å²) in [7, 11) is 0. The van der Waals surface area contributed by atoms with Gasteiger partial charge in [0, 0.05) is 37.8 Å². The van der Waals surface area contributed by atoms with E-state index in [2.05, 4.69) is 69.4 Å². The van der Waals surface area contributed by atoms with Crippen LogP contribution < -0.4 is 9.80 Å². The minimum Gasteiger partial charge on any atom is -0.423 e. The summed E-state index contributed by atoms with van der Waals surface area (Å²) in [6.07, 6.45) is 1.04. The molecule has 140 valence electrons. The number of nitrogens with zero attached hydrogens (tertiary/aromatic N) is 4. The molecule has 0 bridgehead atoms. The number of anilines is 2. The van der Waals surface area contributed by atoms with Crippen LogP contribution in [0.4, 0.5) is 11.6 Å². The minimum atomic E-state index is 0.286. The van der Waals surface area contributed by atoms with Crippen molar-refractivity contribution in [2.24, 2.45) is 0 Å². The van der Waals surface area contributed by atoms with E-state index in [-0.39, 0.29) is 5.92 Å². The van der Waals surface area contributed by atoms with E-state index in [1.807, 2.05) is 12.1 Å². The van der Waals surface area contributed by atoms with Gasteiger partial charge in [0.2, 0.25) is 17.5 Å². The van der Waals surface area contributed by atoms with Crippen LogP contribution in [0.25, 0.3) is 0 Å². The lowest BCUT2D eigenvalue weighted by atomic mass is 10.1. The second-order valence-electron chi connectivity index (χ2n) is 7.49.